The molecule has 0 bridgehead atoms. The van der Waals surface area contributed by atoms with Crippen molar-refractivity contribution in [2.24, 2.45) is 0 Å². The summed E-state index contributed by atoms with van der Waals surface area (Å²) < 4.78 is 17.2. The zero-order valence-corrected chi connectivity index (χ0v) is 16.3. The van der Waals surface area contributed by atoms with E-state index in [1.165, 1.54) is 0 Å². The highest BCUT2D eigenvalue weighted by atomic mass is 16.5. The molecule has 1 heterocycles. The van der Waals surface area contributed by atoms with Gasteiger partial charge in [0.1, 0.15) is 23.4 Å². The molecular weight excluding hydrogens is 356 g/mol. The molecule has 6 nitrogen and oxygen atoms in total. The lowest BCUT2D eigenvalue weighted by atomic mass is 10.1. The maximum atomic E-state index is 12.4. The number of nitrogens with one attached hydrogen (secondary N) is 1. The topological polar surface area (TPSA) is 80.6 Å². The smallest absolute Gasteiger partial charge is 0.261 e. The molecule has 0 saturated heterocycles. The van der Waals surface area contributed by atoms with Crippen molar-refractivity contribution in [2.45, 2.75) is 45.9 Å². The second-order valence-electron chi connectivity index (χ2n) is 6.75. The third kappa shape index (κ3) is 4.55. The van der Waals surface area contributed by atoms with Gasteiger partial charge in [-0.3, -0.25) is 4.79 Å². The minimum Gasteiger partial charge on any atom is -0.494 e. The molecule has 0 unspecified atom stereocenters. The van der Waals surface area contributed by atoms with Gasteiger partial charge in [-0.05, 0) is 57.2 Å². The molecule has 0 aliphatic carbocycles. The van der Waals surface area contributed by atoms with Crippen LogP contribution < -0.4 is 19.5 Å². The predicted molar refractivity (Wildman–Crippen MR) is 104 cm³/mol. The molecule has 28 heavy (non-hydrogen) atoms. The standard InChI is InChI=1S/C22H24N2O4/c1-4-26-20-10-17-9-14(2)27-21(17)11-18(20)13-24-22(25)15(3)28-19-7-5-16(12-23)6-8-19/h5-8,10-11,14-15H,4,9,13H2,1-3H3,(H,24,25)/t14-,15+/m1/s1. The molecule has 1 amide bonds. The van der Waals surface area contributed by atoms with Gasteiger partial charge in [0.15, 0.2) is 6.10 Å². The van der Waals surface area contributed by atoms with Crippen molar-refractivity contribution < 1.29 is 19.0 Å². The summed E-state index contributed by atoms with van der Waals surface area (Å²) >= 11 is 0. The Morgan fingerprint density at radius 2 is 2.11 bits per heavy atom. The first-order chi connectivity index (χ1) is 13.5. The lowest BCUT2D eigenvalue weighted by Crippen LogP contribution is -2.36. The van der Waals surface area contributed by atoms with Gasteiger partial charge in [0.25, 0.3) is 5.91 Å². The van der Waals surface area contributed by atoms with Crippen molar-refractivity contribution >= 4 is 5.91 Å². The van der Waals surface area contributed by atoms with Gasteiger partial charge in [-0.2, -0.15) is 5.26 Å². The molecule has 0 fully saturated rings. The first kappa shape index (κ1) is 19.6. The summed E-state index contributed by atoms with van der Waals surface area (Å²) in [6.45, 7) is 6.52. The van der Waals surface area contributed by atoms with Gasteiger partial charge in [-0.1, -0.05) is 0 Å². The Balaban J connectivity index is 1.63. The van der Waals surface area contributed by atoms with Gasteiger partial charge in [0.05, 0.1) is 18.2 Å². The van der Waals surface area contributed by atoms with E-state index in [-0.39, 0.29) is 12.0 Å². The summed E-state index contributed by atoms with van der Waals surface area (Å²) in [7, 11) is 0. The van der Waals surface area contributed by atoms with E-state index >= 15 is 0 Å². The second kappa shape index (κ2) is 8.66. The Kier molecular flexibility index (Phi) is 6.05. The Bertz CT molecular complexity index is 887. The number of ether oxygens (including phenoxy) is 3. The fourth-order valence-corrected chi connectivity index (χ4v) is 3.10. The number of amides is 1. The maximum absolute atomic E-state index is 12.4. The lowest BCUT2D eigenvalue weighted by Gasteiger charge is -2.16. The monoisotopic (exact) mass is 380 g/mol. The number of fused-ring (bicyclic) bond motifs is 1. The summed E-state index contributed by atoms with van der Waals surface area (Å²) in [5, 5.41) is 11.7. The predicted octanol–water partition coefficient (Wildman–Crippen LogP) is 3.36. The van der Waals surface area contributed by atoms with Crippen LogP contribution in [0.4, 0.5) is 0 Å². The van der Waals surface area contributed by atoms with Crippen molar-refractivity contribution in [3.63, 3.8) is 0 Å². The van der Waals surface area contributed by atoms with Crippen molar-refractivity contribution in [3.8, 4) is 23.3 Å². The van der Waals surface area contributed by atoms with E-state index in [1.54, 1.807) is 31.2 Å². The van der Waals surface area contributed by atoms with Crippen LogP contribution in [0.1, 0.15) is 37.5 Å². The van der Waals surface area contributed by atoms with Crippen LogP contribution in [-0.2, 0) is 17.8 Å². The van der Waals surface area contributed by atoms with Crippen molar-refractivity contribution in [2.75, 3.05) is 6.61 Å². The third-order valence-electron chi connectivity index (χ3n) is 4.50. The molecule has 2 atom stereocenters. The normalized spacial score (nSPS) is 15.7. The van der Waals surface area contributed by atoms with Crippen molar-refractivity contribution in [1.82, 2.24) is 5.32 Å². The third-order valence-corrected chi connectivity index (χ3v) is 4.50. The van der Waals surface area contributed by atoms with Crippen molar-refractivity contribution in [3.05, 3.63) is 53.1 Å². The molecule has 1 N–H and O–H groups in total. The van der Waals surface area contributed by atoms with Crippen LogP contribution in [-0.4, -0.2) is 24.7 Å². The highest BCUT2D eigenvalue weighted by Gasteiger charge is 2.22. The molecule has 1 aliphatic rings. The molecule has 0 aromatic heterocycles. The van der Waals surface area contributed by atoms with E-state index in [2.05, 4.69) is 5.32 Å². The van der Waals surface area contributed by atoms with E-state index < -0.39 is 6.10 Å². The average molecular weight is 380 g/mol. The van der Waals surface area contributed by atoms with Crippen LogP contribution in [0.25, 0.3) is 0 Å². The Morgan fingerprint density at radius 3 is 2.79 bits per heavy atom. The van der Waals surface area contributed by atoms with Gasteiger partial charge in [0.2, 0.25) is 0 Å². The number of carbonyl (C=O) groups excluding carboxylic acids is 1. The van der Waals surface area contributed by atoms with Crippen LogP contribution in [0.3, 0.4) is 0 Å². The SMILES string of the molecule is CCOc1cc2c(cc1CNC(=O)[C@H](C)Oc1ccc(C#N)cc1)O[C@H](C)C2. The number of benzene rings is 2. The molecule has 2 aromatic rings. The summed E-state index contributed by atoms with van der Waals surface area (Å²) in [6.07, 6.45) is 0.335. The quantitative estimate of drug-likeness (QED) is 0.797. The molecule has 146 valence electrons. The summed E-state index contributed by atoms with van der Waals surface area (Å²) in [4.78, 5) is 12.4. The Labute approximate surface area is 165 Å². The lowest BCUT2D eigenvalue weighted by molar-refractivity contribution is -0.127. The first-order valence-electron chi connectivity index (χ1n) is 9.40. The number of carbonyl (C=O) groups is 1. The number of hydrogen-bond donors (Lipinski definition) is 1. The largest absolute Gasteiger partial charge is 0.494 e. The fraction of sp³-hybridized carbons (Fsp3) is 0.364. The number of nitrogens with zero attached hydrogens (tertiary/aromatic N) is 1. The molecule has 0 spiro atoms. The highest BCUT2D eigenvalue weighted by Crippen LogP contribution is 2.35. The number of hydrogen-bond acceptors (Lipinski definition) is 5. The molecule has 0 radical (unpaired) electrons. The van der Waals surface area contributed by atoms with Crippen LogP contribution in [0.2, 0.25) is 0 Å². The minimum absolute atomic E-state index is 0.148. The van der Waals surface area contributed by atoms with Crippen LogP contribution in [0, 0.1) is 11.3 Å². The van der Waals surface area contributed by atoms with E-state index in [1.807, 2.05) is 32.0 Å². The molecule has 2 aromatic carbocycles. The summed E-state index contributed by atoms with van der Waals surface area (Å²) in [5.74, 6) is 1.92. The maximum Gasteiger partial charge on any atom is 0.261 e. The number of nitriles is 1. The molecular formula is C22H24N2O4. The molecule has 1 aliphatic heterocycles. The fourth-order valence-electron chi connectivity index (χ4n) is 3.10. The zero-order chi connectivity index (χ0) is 20.1. The average Bonchev–Trinajstić information content (AvgIpc) is 3.05. The Morgan fingerprint density at radius 1 is 1.36 bits per heavy atom. The van der Waals surface area contributed by atoms with E-state index in [0.717, 1.165) is 29.0 Å². The van der Waals surface area contributed by atoms with Crippen LogP contribution in [0.15, 0.2) is 36.4 Å². The van der Waals surface area contributed by atoms with Gasteiger partial charge in [-0.15, -0.1) is 0 Å². The van der Waals surface area contributed by atoms with Gasteiger partial charge in [0, 0.05) is 24.1 Å². The van der Waals surface area contributed by atoms with Crippen LogP contribution in [0.5, 0.6) is 17.2 Å². The molecule has 6 heteroatoms. The highest BCUT2D eigenvalue weighted by molar-refractivity contribution is 5.80. The van der Waals surface area contributed by atoms with Gasteiger partial charge < -0.3 is 19.5 Å². The van der Waals surface area contributed by atoms with Gasteiger partial charge in [-0.25, -0.2) is 0 Å². The zero-order valence-electron chi connectivity index (χ0n) is 16.3. The Hall–Kier alpha value is -3.20. The summed E-state index contributed by atoms with van der Waals surface area (Å²) in [5.41, 5.74) is 2.54. The minimum atomic E-state index is -0.672. The van der Waals surface area contributed by atoms with Crippen molar-refractivity contribution in [1.29, 1.82) is 5.26 Å². The van der Waals surface area contributed by atoms with E-state index in [4.69, 9.17) is 19.5 Å². The van der Waals surface area contributed by atoms with Crippen LogP contribution >= 0.6 is 0 Å². The van der Waals surface area contributed by atoms with E-state index in [9.17, 15) is 4.79 Å². The number of rotatable bonds is 7. The second-order valence-corrected chi connectivity index (χ2v) is 6.75. The van der Waals surface area contributed by atoms with E-state index in [0.29, 0.717) is 24.5 Å². The summed E-state index contributed by atoms with van der Waals surface area (Å²) in [6, 6.07) is 12.6. The molecule has 3 rings (SSSR count). The van der Waals surface area contributed by atoms with Gasteiger partial charge >= 0.3 is 0 Å². The molecule has 0 saturated carbocycles. The first-order valence-corrected chi connectivity index (χ1v) is 9.40.